The molecule has 1 fully saturated rings. The summed E-state index contributed by atoms with van der Waals surface area (Å²) in [6, 6.07) is 0. The monoisotopic (exact) mass is 195 g/mol. The first kappa shape index (κ1) is 9.18. The maximum atomic E-state index is 10.9. The van der Waals surface area contributed by atoms with Crippen molar-refractivity contribution >= 4 is 5.91 Å². The SMILES string of the molecule is CC(=O)NC1(Cc2nc(C)no2)CC1. The van der Waals surface area contributed by atoms with Gasteiger partial charge in [-0.25, -0.2) is 0 Å². The number of carbonyl (C=O) groups excluding carboxylic acids is 1. The third kappa shape index (κ3) is 1.92. The van der Waals surface area contributed by atoms with Gasteiger partial charge in [-0.3, -0.25) is 4.79 Å². The topological polar surface area (TPSA) is 68.0 Å². The number of hydrogen-bond acceptors (Lipinski definition) is 4. The minimum atomic E-state index is -0.106. The van der Waals surface area contributed by atoms with E-state index in [1.165, 1.54) is 6.92 Å². The number of nitrogens with zero attached hydrogens (tertiary/aromatic N) is 2. The van der Waals surface area contributed by atoms with Crippen LogP contribution < -0.4 is 5.32 Å². The maximum Gasteiger partial charge on any atom is 0.228 e. The molecule has 0 aliphatic heterocycles. The lowest BCUT2D eigenvalue weighted by molar-refractivity contribution is -0.119. The van der Waals surface area contributed by atoms with E-state index < -0.39 is 0 Å². The molecule has 76 valence electrons. The first-order valence-corrected chi connectivity index (χ1v) is 4.68. The second-order valence-electron chi connectivity index (χ2n) is 3.87. The van der Waals surface area contributed by atoms with Gasteiger partial charge in [0.05, 0.1) is 6.42 Å². The largest absolute Gasteiger partial charge is 0.350 e. The van der Waals surface area contributed by atoms with E-state index in [0.717, 1.165) is 12.8 Å². The van der Waals surface area contributed by atoms with Gasteiger partial charge in [0.15, 0.2) is 5.82 Å². The van der Waals surface area contributed by atoms with E-state index in [1.807, 2.05) is 0 Å². The van der Waals surface area contributed by atoms with Gasteiger partial charge >= 0.3 is 0 Å². The minimum Gasteiger partial charge on any atom is -0.350 e. The van der Waals surface area contributed by atoms with E-state index in [2.05, 4.69) is 15.5 Å². The Labute approximate surface area is 81.9 Å². The molecule has 0 bridgehead atoms. The van der Waals surface area contributed by atoms with Crippen molar-refractivity contribution in [3.05, 3.63) is 11.7 Å². The van der Waals surface area contributed by atoms with Crippen molar-refractivity contribution in [2.24, 2.45) is 0 Å². The van der Waals surface area contributed by atoms with Gasteiger partial charge in [-0.15, -0.1) is 0 Å². The number of nitrogens with one attached hydrogen (secondary N) is 1. The first-order valence-electron chi connectivity index (χ1n) is 4.68. The van der Waals surface area contributed by atoms with E-state index in [0.29, 0.717) is 18.1 Å². The van der Waals surface area contributed by atoms with Gasteiger partial charge < -0.3 is 9.84 Å². The summed E-state index contributed by atoms with van der Waals surface area (Å²) in [5, 5.41) is 6.63. The van der Waals surface area contributed by atoms with Crippen LogP contribution >= 0.6 is 0 Å². The lowest BCUT2D eigenvalue weighted by atomic mass is 10.2. The summed E-state index contributed by atoms with van der Waals surface area (Å²) in [4.78, 5) is 15.0. The Hall–Kier alpha value is -1.39. The van der Waals surface area contributed by atoms with Crippen molar-refractivity contribution in [1.82, 2.24) is 15.5 Å². The lowest BCUT2D eigenvalue weighted by Gasteiger charge is -2.12. The van der Waals surface area contributed by atoms with Crippen LogP contribution in [-0.2, 0) is 11.2 Å². The van der Waals surface area contributed by atoms with Crippen molar-refractivity contribution in [2.45, 2.75) is 38.6 Å². The highest BCUT2D eigenvalue weighted by atomic mass is 16.5. The lowest BCUT2D eigenvalue weighted by Crippen LogP contribution is -2.37. The number of carbonyl (C=O) groups is 1. The van der Waals surface area contributed by atoms with Gasteiger partial charge in [-0.2, -0.15) is 4.98 Å². The van der Waals surface area contributed by atoms with Gasteiger partial charge in [-0.1, -0.05) is 5.16 Å². The smallest absolute Gasteiger partial charge is 0.228 e. The van der Waals surface area contributed by atoms with Gasteiger partial charge in [0, 0.05) is 12.5 Å². The van der Waals surface area contributed by atoms with Crippen LogP contribution in [0.1, 0.15) is 31.5 Å². The molecule has 1 heterocycles. The van der Waals surface area contributed by atoms with Crippen LogP contribution in [0.15, 0.2) is 4.52 Å². The molecular weight excluding hydrogens is 182 g/mol. The van der Waals surface area contributed by atoms with Crippen LogP contribution in [0, 0.1) is 6.92 Å². The molecule has 5 heteroatoms. The van der Waals surface area contributed by atoms with Crippen molar-refractivity contribution in [3.8, 4) is 0 Å². The Morgan fingerprint density at radius 2 is 2.36 bits per heavy atom. The van der Waals surface area contributed by atoms with E-state index in [9.17, 15) is 4.79 Å². The highest BCUT2D eigenvalue weighted by molar-refractivity contribution is 5.74. The number of aromatic nitrogens is 2. The summed E-state index contributed by atoms with van der Waals surface area (Å²) in [5.74, 6) is 1.24. The molecule has 1 N–H and O–H groups in total. The molecule has 1 aromatic rings. The molecule has 5 nitrogen and oxygen atoms in total. The van der Waals surface area contributed by atoms with Crippen molar-refractivity contribution in [2.75, 3.05) is 0 Å². The zero-order valence-corrected chi connectivity index (χ0v) is 8.33. The number of hydrogen-bond donors (Lipinski definition) is 1. The van der Waals surface area contributed by atoms with Crippen LogP contribution in [0.5, 0.6) is 0 Å². The van der Waals surface area contributed by atoms with Crippen LogP contribution in [0.25, 0.3) is 0 Å². The number of rotatable bonds is 3. The zero-order chi connectivity index (χ0) is 10.2. The van der Waals surface area contributed by atoms with Crippen LogP contribution in [-0.4, -0.2) is 21.6 Å². The molecule has 1 aromatic heterocycles. The van der Waals surface area contributed by atoms with Crippen LogP contribution in [0.4, 0.5) is 0 Å². The number of aryl methyl sites for hydroxylation is 1. The molecule has 0 atom stereocenters. The minimum absolute atomic E-state index is 0.00117. The third-order valence-electron chi connectivity index (χ3n) is 2.35. The fraction of sp³-hybridized carbons (Fsp3) is 0.667. The molecule has 0 saturated heterocycles. The number of amides is 1. The summed E-state index contributed by atoms with van der Waals surface area (Å²) in [6.45, 7) is 3.31. The van der Waals surface area contributed by atoms with Crippen molar-refractivity contribution < 1.29 is 9.32 Å². The third-order valence-corrected chi connectivity index (χ3v) is 2.35. The molecule has 0 spiro atoms. The Kier molecular flexibility index (Phi) is 2.02. The quantitative estimate of drug-likeness (QED) is 0.766. The van der Waals surface area contributed by atoms with Gasteiger partial charge in [0.25, 0.3) is 0 Å². The first-order chi connectivity index (χ1) is 6.60. The zero-order valence-electron chi connectivity index (χ0n) is 8.33. The molecule has 1 amide bonds. The maximum absolute atomic E-state index is 10.9. The summed E-state index contributed by atoms with van der Waals surface area (Å²) < 4.78 is 5.01. The normalized spacial score (nSPS) is 17.9. The summed E-state index contributed by atoms with van der Waals surface area (Å²) >= 11 is 0. The van der Waals surface area contributed by atoms with Crippen LogP contribution in [0.2, 0.25) is 0 Å². The van der Waals surface area contributed by atoms with Crippen LogP contribution in [0.3, 0.4) is 0 Å². The molecule has 0 unspecified atom stereocenters. The molecule has 1 saturated carbocycles. The molecule has 1 aliphatic rings. The Bertz CT molecular complexity index is 355. The average Bonchev–Trinajstić information content (AvgIpc) is 2.67. The van der Waals surface area contributed by atoms with Gasteiger partial charge in [-0.05, 0) is 19.8 Å². The summed E-state index contributed by atoms with van der Waals surface area (Å²) in [5.41, 5.74) is -0.106. The highest BCUT2D eigenvalue weighted by Crippen LogP contribution is 2.38. The summed E-state index contributed by atoms with van der Waals surface area (Å²) in [7, 11) is 0. The highest BCUT2D eigenvalue weighted by Gasteiger charge is 2.44. The standard InChI is InChI=1S/C9H13N3O2/c1-6-10-8(14-12-6)5-9(3-4-9)11-7(2)13/h3-5H2,1-2H3,(H,11,13). The predicted octanol–water partition coefficient (Wildman–Crippen LogP) is 0.589. The Morgan fingerprint density at radius 1 is 1.64 bits per heavy atom. The fourth-order valence-corrected chi connectivity index (χ4v) is 1.57. The fourth-order valence-electron chi connectivity index (χ4n) is 1.57. The second-order valence-corrected chi connectivity index (χ2v) is 3.87. The Balaban J connectivity index is 2.00. The Morgan fingerprint density at radius 3 is 2.79 bits per heavy atom. The molecule has 1 aliphatic carbocycles. The van der Waals surface area contributed by atoms with Gasteiger partial charge in [0.2, 0.25) is 11.8 Å². The second kappa shape index (κ2) is 3.08. The van der Waals surface area contributed by atoms with Crippen molar-refractivity contribution in [3.63, 3.8) is 0 Å². The molecule has 14 heavy (non-hydrogen) atoms. The van der Waals surface area contributed by atoms with E-state index in [1.54, 1.807) is 6.92 Å². The van der Waals surface area contributed by atoms with E-state index >= 15 is 0 Å². The molecular formula is C9H13N3O2. The predicted molar refractivity (Wildman–Crippen MR) is 48.5 cm³/mol. The van der Waals surface area contributed by atoms with Crippen molar-refractivity contribution in [1.29, 1.82) is 0 Å². The molecule has 2 rings (SSSR count). The summed E-state index contributed by atoms with van der Waals surface area (Å²) in [6.07, 6.45) is 2.63. The van der Waals surface area contributed by atoms with E-state index in [-0.39, 0.29) is 11.4 Å². The molecule has 0 aromatic carbocycles. The molecule has 0 radical (unpaired) electrons. The van der Waals surface area contributed by atoms with E-state index in [4.69, 9.17) is 4.52 Å². The van der Waals surface area contributed by atoms with Gasteiger partial charge in [0.1, 0.15) is 0 Å². The average molecular weight is 195 g/mol.